The summed E-state index contributed by atoms with van der Waals surface area (Å²) >= 11 is 0. The van der Waals surface area contributed by atoms with E-state index in [0.29, 0.717) is 68.5 Å². The van der Waals surface area contributed by atoms with Gasteiger partial charge in [0.25, 0.3) is 0 Å². The van der Waals surface area contributed by atoms with Gasteiger partial charge in [0.2, 0.25) is 0 Å². The topological polar surface area (TPSA) is 133 Å². The van der Waals surface area contributed by atoms with Crippen LogP contribution in [0.5, 0.6) is 34.5 Å². The van der Waals surface area contributed by atoms with Crippen molar-refractivity contribution in [2.75, 3.05) is 21.3 Å². The maximum Gasteiger partial charge on any atom is 0.181 e. The molecule has 0 saturated carbocycles. The number of benzene rings is 4. The van der Waals surface area contributed by atoms with Gasteiger partial charge in [0.05, 0.1) is 56.6 Å². The summed E-state index contributed by atoms with van der Waals surface area (Å²) < 4.78 is 54.1. The molecule has 0 amide bonds. The summed E-state index contributed by atoms with van der Waals surface area (Å²) in [6.07, 6.45) is 9.09. The van der Waals surface area contributed by atoms with E-state index in [1.165, 1.54) is 19.2 Å². The third-order valence-electron chi connectivity index (χ3n) is 9.49. The van der Waals surface area contributed by atoms with Gasteiger partial charge in [-0.05, 0) is 90.6 Å². The second-order valence-corrected chi connectivity index (χ2v) is 12.3. The zero-order valence-electron chi connectivity index (χ0n) is 30.8. The van der Waals surface area contributed by atoms with Crippen molar-refractivity contribution in [2.45, 2.75) is 40.6 Å². The normalized spacial score (nSPS) is 11.0. The van der Waals surface area contributed by atoms with E-state index in [1.807, 2.05) is 54.6 Å². The minimum absolute atomic E-state index is 0.204. The van der Waals surface area contributed by atoms with E-state index in [-0.39, 0.29) is 19.8 Å². The Morgan fingerprint density at radius 1 is 0.444 bits per heavy atom. The molecule has 0 atom stereocenters. The smallest absolute Gasteiger partial charge is 0.181 e. The Kier molecular flexibility index (Phi) is 10.5. The molecule has 7 aromatic rings. The molecule has 0 N–H and O–H groups in total. The van der Waals surface area contributed by atoms with Crippen LogP contribution in [0.15, 0.2) is 106 Å². The standard InChI is InChI=1S/C42H39N3O9/c1-25-31(19-49-40-28(37-16-43-22-52-37)10-7-13-34(40)46-4)26(2)33(21-51-42-30(39-18-45-24-54-39)12-9-15-36(42)48-6)27(3)32(25)20-50-41-29(38-17-44-23-53-38)11-8-14-35(41)47-5/h7-18,22-24H,19-21H2,1-6H3. The number of hydrogen-bond donors (Lipinski definition) is 0. The van der Waals surface area contributed by atoms with Crippen LogP contribution in [0.1, 0.15) is 33.4 Å². The highest BCUT2D eigenvalue weighted by molar-refractivity contribution is 5.71. The molecule has 0 radical (unpaired) electrons. The molecule has 0 unspecified atom stereocenters. The number of para-hydroxylation sites is 3. The lowest BCUT2D eigenvalue weighted by atomic mass is 9.89. The molecule has 0 fully saturated rings. The van der Waals surface area contributed by atoms with Crippen LogP contribution in [0, 0.1) is 20.8 Å². The molecule has 4 aromatic carbocycles. The van der Waals surface area contributed by atoms with E-state index in [9.17, 15) is 0 Å². The van der Waals surface area contributed by atoms with Gasteiger partial charge in [0.1, 0.15) is 19.8 Å². The Morgan fingerprint density at radius 2 is 0.741 bits per heavy atom. The van der Waals surface area contributed by atoms with Crippen LogP contribution in [-0.4, -0.2) is 36.3 Å². The van der Waals surface area contributed by atoms with E-state index in [2.05, 4.69) is 35.7 Å². The van der Waals surface area contributed by atoms with Gasteiger partial charge in [-0.3, -0.25) is 0 Å². The van der Waals surface area contributed by atoms with E-state index in [0.717, 1.165) is 33.4 Å². The Labute approximate surface area is 312 Å². The van der Waals surface area contributed by atoms with Crippen molar-refractivity contribution in [2.24, 2.45) is 0 Å². The SMILES string of the molecule is COc1cccc(-c2cnco2)c1OCc1c(C)c(COc2c(OC)cccc2-c2cnco2)c(C)c(COc2c(OC)cccc2-c2cnco2)c1C. The second kappa shape index (κ2) is 15.9. The van der Waals surface area contributed by atoms with E-state index in [1.54, 1.807) is 39.9 Å². The Balaban J connectivity index is 1.30. The van der Waals surface area contributed by atoms with Gasteiger partial charge in [0.15, 0.2) is 71.0 Å². The van der Waals surface area contributed by atoms with E-state index >= 15 is 0 Å². The second-order valence-electron chi connectivity index (χ2n) is 12.3. The Bertz CT molecular complexity index is 2050. The van der Waals surface area contributed by atoms with Crippen LogP contribution >= 0.6 is 0 Å². The first-order chi connectivity index (χ1) is 26.4. The van der Waals surface area contributed by atoms with Gasteiger partial charge < -0.3 is 41.7 Å². The molecule has 7 rings (SSSR count). The number of ether oxygens (including phenoxy) is 6. The number of aromatic nitrogens is 3. The highest BCUT2D eigenvalue weighted by atomic mass is 16.5. The van der Waals surface area contributed by atoms with Crippen molar-refractivity contribution in [1.29, 1.82) is 0 Å². The molecule has 0 aliphatic heterocycles. The van der Waals surface area contributed by atoms with Gasteiger partial charge in [-0.2, -0.15) is 0 Å². The summed E-state index contributed by atoms with van der Waals surface area (Å²) in [7, 11) is 4.82. The Hall–Kier alpha value is -6.69. The molecular weight excluding hydrogens is 690 g/mol. The summed E-state index contributed by atoms with van der Waals surface area (Å²) in [4.78, 5) is 12.3. The first-order valence-corrected chi connectivity index (χ1v) is 17.1. The first-order valence-electron chi connectivity index (χ1n) is 17.1. The van der Waals surface area contributed by atoms with Crippen LogP contribution in [-0.2, 0) is 19.8 Å². The summed E-state index contributed by atoms with van der Waals surface area (Å²) in [6, 6.07) is 16.9. The van der Waals surface area contributed by atoms with Crippen LogP contribution in [0.4, 0.5) is 0 Å². The third-order valence-corrected chi connectivity index (χ3v) is 9.49. The lowest BCUT2D eigenvalue weighted by Gasteiger charge is -2.24. The van der Waals surface area contributed by atoms with E-state index < -0.39 is 0 Å². The fourth-order valence-corrected chi connectivity index (χ4v) is 6.58. The minimum atomic E-state index is 0.204. The summed E-state index contributed by atoms with van der Waals surface area (Å²) in [5.74, 6) is 4.95. The van der Waals surface area contributed by atoms with Gasteiger partial charge in [-0.1, -0.05) is 18.2 Å². The monoisotopic (exact) mass is 729 g/mol. The maximum atomic E-state index is 6.64. The molecular formula is C42H39N3O9. The highest BCUT2D eigenvalue weighted by Gasteiger charge is 2.24. The number of methoxy groups -OCH3 is 3. The molecule has 0 aliphatic carbocycles. The van der Waals surface area contributed by atoms with Crippen molar-refractivity contribution >= 4 is 0 Å². The maximum absolute atomic E-state index is 6.64. The number of hydrogen-bond acceptors (Lipinski definition) is 12. The number of oxazole rings is 3. The molecule has 0 spiro atoms. The molecule has 12 nitrogen and oxygen atoms in total. The fraction of sp³-hybridized carbons (Fsp3) is 0.214. The minimum Gasteiger partial charge on any atom is -0.493 e. The van der Waals surface area contributed by atoms with Crippen LogP contribution in [0.3, 0.4) is 0 Å². The lowest BCUT2D eigenvalue weighted by Crippen LogP contribution is -2.14. The van der Waals surface area contributed by atoms with Crippen molar-refractivity contribution in [3.05, 3.63) is 126 Å². The van der Waals surface area contributed by atoms with Crippen molar-refractivity contribution < 1.29 is 41.7 Å². The third kappa shape index (κ3) is 6.93. The number of nitrogens with zero attached hydrogens (tertiary/aromatic N) is 3. The fourth-order valence-electron chi connectivity index (χ4n) is 6.58. The van der Waals surface area contributed by atoms with Gasteiger partial charge in [-0.15, -0.1) is 0 Å². The molecule has 0 aliphatic rings. The molecule has 0 bridgehead atoms. The molecule has 0 saturated heterocycles. The summed E-state index contributed by atoms with van der Waals surface area (Å²) in [6.45, 7) is 6.83. The first kappa shape index (κ1) is 35.7. The average Bonchev–Trinajstić information content (AvgIpc) is 4.03. The van der Waals surface area contributed by atoms with Gasteiger partial charge in [-0.25, -0.2) is 15.0 Å². The van der Waals surface area contributed by atoms with Crippen molar-refractivity contribution in [1.82, 2.24) is 15.0 Å². The zero-order valence-corrected chi connectivity index (χ0v) is 30.8. The van der Waals surface area contributed by atoms with E-state index in [4.69, 9.17) is 41.7 Å². The van der Waals surface area contributed by atoms with Gasteiger partial charge in [0, 0.05) is 0 Å². The lowest BCUT2D eigenvalue weighted by molar-refractivity contribution is 0.272. The highest BCUT2D eigenvalue weighted by Crippen LogP contribution is 2.43. The van der Waals surface area contributed by atoms with Gasteiger partial charge >= 0.3 is 0 Å². The summed E-state index contributed by atoms with van der Waals surface area (Å²) in [5, 5.41) is 0. The molecule has 3 aromatic heterocycles. The van der Waals surface area contributed by atoms with Crippen LogP contribution in [0.2, 0.25) is 0 Å². The van der Waals surface area contributed by atoms with Crippen molar-refractivity contribution in [3.63, 3.8) is 0 Å². The molecule has 54 heavy (non-hydrogen) atoms. The Morgan fingerprint density at radius 3 is 0.981 bits per heavy atom. The molecule has 276 valence electrons. The summed E-state index contributed by atoms with van der Waals surface area (Å²) in [5.41, 5.74) is 8.02. The quantitative estimate of drug-likeness (QED) is 0.0995. The zero-order chi connectivity index (χ0) is 37.6. The van der Waals surface area contributed by atoms with Crippen LogP contribution in [0.25, 0.3) is 34.0 Å². The van der Waals surface area contributed by atoms with Crippen molar-refractivity contribution in [3.8, 4) is 68.5 Å². The largest absolute Gasteiger partial charge is 0.493 e. The molecule has 12 heteroatoms. The average molecular weight is 730 g/mol. The predicted molar refractivity (Wildman–Crippen MR) is 199 cm³/mol. The van der Waals surface area contributed by atoms with Crippen LogP contribution < -0.4 is 28.4 Å². The number of rotatable bonds is 15. The predicted octanol–water partition coefficient (Wildman–Crippen LogP) is 9.34. The molecule has 3 heterocycles.